The van der Waals surface area contributed by atoms with E-state index in [0.29, 0.717) is 0 Å². The first-order valence-corrected chi connectivity index (χ1v) is 8.38. The van der Waals surface area contributed by atoms with Crippen LogP contribution < -0.4 is 4.74 Å². The molecule has 21 heavy (non-hydrogen) atoms. The van der Waals surface area contributed by atoms with Crippen molar-refractivity contribution < 1.29 is 4.74 Å². The highest BCUT2D eigenvalue weighted by Crippen LogP contribution is 2.36. The molecule has 0 aliphatic carbocycles. The van der Waals surface area contributed by atoms with Crippen molar-refractivity contribution in [1.82, 2.24) is 0 Å². The van der Waals surface area contributed by atoms with Crippen molar-refractivity contribution in [3.8, 4) is 11.5 Å². The van der Waals surface area contributed by atoms with Gasteiger partial charge in [-0.25, -0.2) is 0 Å². The molecule has 112 valence electrons. The molecule has 0 bridgehead atoms. The number of benzene rings is 2. The van der Waals surface area contributed by atoms with Crippen molar-refractivity contribution in [3.05, 3.63) is 58.7 Å². The lowest BCUT2D eigenvalue weighted by Gasteiger charge is -2.23. The van der Waals surface area contributed by atoms with Crippen molar-refractivity contribution in [2.24, 2.45) is 0 Å². The quantitative estimate of drug-likeness (QED) is 0.593. The topological polar surface area (TPSA) is 9.23 Å². The third-order valence-electron chi connectivity index (χ3n) is 3.56. The van der Waals surface area contributed by atoms with Gasteiger partial charge < -0.3 is 4.74 Å². The van der Waals surface area contributed by atoms with Crippen LogP contribution >= 0.6 is 15.9 Å². The van der Waals surface area contributed by atoms with Crippen LogP contribution in [0.25, 0.3) is 0 Å². The van der Waals surface area contributed by atoms with Gasteiger partial charge in [-0.2, -0.15) is 0 Å². The predicted molar refractivity (Wildman–Crippen MR) is 93.8 cm³/mol. The summed E-state index contributed by atoms with van der Waals surface area (Å²) in [5, 5.41) is 0.867. The molecule has 0 heterocycles. The molecule has 0 aromatic heterocycles. The lowest BCUT2D eigenvalue weighted by Crippen LogP contribution is -2.13. The van der Waals surface area contributed by atoms with Gasteiger partial charge in [-0.3, -0.25) is 0 Å². The van der Waals surface area contributed by atoms with E-state index in [4.69, 9.17) is 4.74 Å². The van der Waals surface area contributed by atoms with Crippen molar-refractivity contribution in [2.45, 2.75) is 45.4 Å². The summed E-state index contributed by atoms with van der Waals surface area (Å²) in [6, 6.07) is 12.7. The van der Waals surface area contributed by atoms with Gasteiger partial charge in [-0.15, -0.1) is 0 Å². The fourth-order valence-corrected chi connectivity index (χ4v) is 2.70. The number of aryl methyl sites for hydroxylation is 2. The SMILES string of the molecule is Cc1ccc(Oc2ccc(CBr)cc2C)c(C(C)(C)C)c1. The summed E-state index contributed by atoms with van der Waals surface area (Å²) in [4.78, 5) is 0. The zero-order valence-electron chi connectivity index (χ0n) is 13.5. The molecule has 0 saturated carbocycles. The molecule has 0 atom stereocenters. The molecule has 0 amide bonds. The van der Waals surface area contributed by atoms with Crippen LogP contribution in [0.3, 0.4) is 0 Å². The van der Waals surface area contributed by atoms with E-state index in [2.05, 4.69) is 86.9 Å². The van der Waals surface area contributed by atoms with E-state index in [1.54, 1.807) is 0 Å². The number of rotatable bonds is 3. The van der Waals surface area contributed by atoms with E-state index >= 15 is 0 Å². The zero-order valence-corrected chi connectivity index (χ0v) is 15.0. The number of hydrogen-bond donors (Lipinski definition) is 0. The van der Waals surface area contributed by atoms with Gasteiger partial charge in [-0.1, -0.05) is 66.5 Å². The van der Waals surface area contributed by atoms with E-state index < -0.39 is 0 Å². The molecule has 0 aliphatic heterocycles. The fourth-order valence-electron chi connectivity index (χ4n) is 2.35. The van der Waals surface area contributed by atoms with Crippen molar-refractivity contribution in [3.63, 3.8) is 0 Å². The van der Waals surface area contributed by atoms with Crippen molar-refractivity contribution in [1.29, 1.82) is 0 Å². The maximum atomic E-state index is 6.21. The molecule has 0 saturated heterocycles. The zero-order chi connectivity index (χ0) is 15.6. The minimum absolute atomic E-state index is 0.0606. The average Bonchev–Trinajstić information content (AvgIpc) is 2.41. The summed E-state index contributed by atoms with van der Waals surface area (Å²) < 4.78 is 6.21. The maximum absolute atomic E-state index is 6.21. The van der Waals surface area contributed by atoms with Crippen molar-refractivity contribution >= 4 is 15.9 Å². The van der Waals surface area contributed by atoms with Crippen molar-refractivity contribution in [2.75, 3.05) is 0 Å². The molecule has 2 aromatic carbocycles. The Labute approximate surface area is 136 Å². The average molecular weight is 347 g/mol. The minimum Gasteiger partial charge on any atom is -0.457 e. The summed E-state index contributed by atoms with van der Waals surface area (Å²) in [7, 11) is 0. The van der Waals surface area contributed by atoms with Crippen LogP contribution in [0.15, 0.2) is 36.4 Å². The highest BCUT2D eigenvalue weighted by atomic mass is 79.9. The first kappa shape index (κ1) is 16.1. The van der Waals surface area contributed by atoms with Crippen LogP contribution in [0.4, 0.5) is 0 Å². The highest BCUT2D eigenvalue weighted by Gasteiger charge is 2.19. The number of alkyl halides is 1. The lowest BCUT2D eigenvalue weighted by atomic mass is 9.85. The largest absolute Gasteiger partial charge is 0.457 e. The van der Waals surface area contributed by atoms with Gasteiger partial charge in [0.05, 0.1) is 0 Å². The Morgan fingerprint density at radius 1 is 0.952 bits per heavy atom. The molecule has 0 spiro atoms. The Morgan fingerprint density at radius 2 is 1.62 bits per heavy atom. The molecule has 0 radical (unpaired) electrons. The third kappa shape index (κ3) is 3.88. The Balaban J connectivity index is 2.40. The van der Waals surface area contributed by atoms with E-state index in [-0.39, 0.29) is 5.41 Å². The number of halogens is 1. The van der Waals surface area contributed by atoms with Crippen LogP contribution in [0.1, 0.15) is 43.0 Å². The molecular formula is C19H23BrO. The normalized spacial score (nSPS) is 11.5. The summed E-state index contributed by atoms with van der Waals surface area (Å²) in [5.74, 6) is 1.87. The Hall–Kier alpha value is -1.28. The Bertz CT molecular complexity index is 638. The third-order valence-corrected chi connectivity index (χ3v) is 4.20. The second-order valence-electron chi connectivity index (χ2n) is 6.59. The molecule has 2 aromatic rings. The summed E-state index contributed by atoms with van der Waals surface area (Å²) >= 11 is 3.49. The molecular weight excluding hydrogens is 324 g/mol. The molecule has 1 nitrogen and oxygen atoms in total. The van der Waals surface area contributed by atoms with Crippen LogP contribution in [0, 0.1) is 13.8 Å². The standard InChI is InChI=1S/C19H23BrO/c1-13-6-8-18(16(10-13)19(3,4)5)21-17-9-7-15(12-20)11-14(17)2/h6-11H,12H2,1-5H3. The predicted octanol–water partition coefficient (Wildman–Crippen LogP) is 6.29. The first-order chi connectivity index (χ1) is 9.81. The number of ether oxygens (including phenoxy) is 1. The van der Waals surface area contributed by atoms with E-state index in [0.717, 1.165) is 22.4 Å². The van der Waals surface area contributed by atoms with Gasteiger partial charge in [0.25, 0.3) is 0 Å². The molecule has 0 N–H and O–H groups in total. The second kappa shape index (κ2) is 6.23. The van der Waals surface area contributed by atoms with Gasteiger partial charge in [0, 0.05) is 10.9 Å². The molecule has 0 aliphatic rings. The first-order valence-electron chi connectivity index (χ1n) is 7.26. The summed E-state index contributed by atoms with van der Waals surface area (Å²) in [5.41, 5.74) is 4.99. The smallest absolute Gasteiger partial charge is 0.131 e. The fraction of sp³-hybridized carbons (Fsp3) is 0.368. The minimum atomic E-state index is 0.0606. The Kier molecular flexibility index (Phi) is 4.77. The molecule has 2 heteroatoms. The maximum Gasteiger partial charge on any atom is 0.131 e. The molecule has 0 fully saturated rings. The van der Waals surface area contributed by atoms with Crippen LogP contribution in [0.5, 0.6) is 11.5 Å². The van der Waals surface area contributed by atoms with Gasteiger partial charge in [-0.05, 0) is 42.5 Å². The van der Waals surface area contributed by atoms with E-state index in [1.165, 1.54) is 16.7 Å². The molecule has 0 unspecified atom stereocenters. The van der Waals surface area contributed by atoms with Gasteiger partial charge in [0.1, 0.15) is 11.5 Å². The molecule has 2 rings (SSSR count). The van der Waals surface area contributed by atoms with Gasteiger partial charge in [0.2, 0.25) is 0 Å². The van der Waals surface area contributed by atoms with Gasteiger partial charge >= 0.3 is 0 Å². The lowest BCUT2D eigenvalue weighted by molar-refractivity contribution is 0.452. The van der Waals surface area contributed by atoms with Crippen LogP contribution in [-0.4, -0.2) is 0 Å². The summed E-state index contributed by atoms with van der Waals surface area (Å²) in [6.07, 6.45) is 0. The number of hydrogen-bond acceptors (Lipinski definition) is 1. The van der Waals surface area contributed by atoms with E-state index in [9.17, 15) is 0 Å². The monoisotopic (exact) mass is 346 g/mol. The van der Waals surface area contributed by atoms with E-state index in [1.807, 2.05) is 0 Å². The van der Waals surface area contributed by atoms with Crippen LogP contribution in [-0.2, 0) is 10.7 Å². The summed E-state index contributed by atoms with van der Waals surface area (Å²) in [6.45, 7) is 10.9. The highest BCUT2D eigenvalue weighted by molar-refractivity contribution is 9.08. The van der Waals surface area contributed by atoms with Gasteiger partial charge in [0.15, 0.2) is 0 Å². The van der Waals surface area contributed by atoms with Crippen LogP contribution in [0.2, 0.25) is 0 Å². The second-order valence-corrected chi connectivity index (χ2v) is 7.15. The Morgan fingerprint density at radius 3 is 2.19 bits per heavy atom.